The monoisotopic (exact) mass is 300 g/mol. The number of benzene rings is 1. The topological polar surface area (TPSA) is 33.4 Å². The van der Waals surface area contributed by atoms with Crippen LogP contribution in [0, 0.1) is 3.57 Å². The highest BCUT2D eigenvalue weighted by Crippen LogP contribution is 2.22. The second kappa shape index (κ2) is 4.14. The van der Waals surface area contributed by atoms with E-state index in [4.69, 9.17) is 9.52 Å². The number of halogens is 1. The van der Waals surface area contributed by atoms with Gasteiger partial charge < -0.3 is 9.52 Å². The third-order valence-electron chi connectivity index (χ3n) is 1.95. The fourth-order valence-corrected chi connectivity index (χ4v) is 1.59. The van der Waals surface area contributed by atoms with Gasteiger partial charge in [0.05, 0.1) is 0 Å². The first-order valence-electron chi connectivity index (χ1n) is 4.25. The Balaban J connectivity index is 2.34. The lowest BCUT2D eigenvalue weighted by Gasteiger charge is -1.96. The normalized spacial score (nSPS) is 10.4. The van der Waals surface area contributed by atoms with E-state index >= 15 is 0 Å². The summed E-state index contributed by atoms with van der Waals surface area (Å²) in [6.07, 6.45) is 0. The lowest BCUT2D eigenvalue weighted by Crippen LogP contribution is -1.76. The van der Waals surface area contributed by atoms with Gasteiger partial charge in [0.1, 0.15) is 18.1 Å². The summed E-state index contributed by atoms with van der Waals surface area (Å²) >= 11 is 2.26. The largest absolute Gasteiger partial charge is 0.459 e. The fourth-order valence-electron chi connectivity index (χ4n) is 1.23. The molecule has 1 aromatic heterocycles. The smallest absolute Gasteiger partial charge is 0.134 e. The molecule has 0 atom stereocenters. The first kappa shape index (κ1) is 9.73. The second-order valence-corrected chi connectivity index (χ2v) is 4.18. The Morgan fingerprint density at radius 3 is 2.36 bits per heavy atom. The van der Waals surface area contributed by atoms with Gasteiger partial charge in [-0.1, -0.05) is 12.1 Å². The molecule has 0 aliphatic carbocycles. The molecule has 0 aliphatic rings. The van der Waals surface area contributed by atoms with Gasteiger partial charge in [-0.05, 0) is 46.9 Å². The summed E-state index contributed by atoms with van der Waals surface area (Å²) in [5, 5.41) is 8.85. The summed E-state index contributed by atoms with van der Waals surface area (Å²) in [5.41, 5.74) is 1.03. The quantitative estimate of drug-likeness (QED) is 0.865. The SMILES string of the molecule is OCc1ccc(-c2ccc(I)cc2)o1. The highest BCUT2D eigenvalue weighted by molar-refractivity contribution is 14.1. The van der Waals surface area contributed by atoms with Gasteiger partial charge in [-0.3, -0.25) is 0 Å². The van der Waals surface area contributed by atoms with Crippen LogP contribution in [0.15, 0.2) is 40.8 Å². The molecular weight excluding hydrogens is 291 g/mol. The van der Waals surface area contributed by atoms with Crippen molar-refractivity contribution in [3.8, 4) is 11.3 Å². The van der Waals surface area contributed by atoms with Crippen molar-refractivity contribution in [1.82, 2.24) is 0 Å². The van der Waals surface area contributed by atoms with E-state index in [0.29, 0.717) is 5.76 Å². The third-order valence-corrected chi connectivity index (χ3v) is 2.67. The van der Waals surface area contributed by atoms with Crippen molar-refractivity contribution >= 4 is 22.6 Å². The van der Waals surface area contributed by atoms with Crippen LogP contribution in [0.4, 0.5) is 0 Å². The minimum Gasteiger partial charge on any atom is -0.459 e. The van der Waals surface area contributed by atoms with E-state index in [0.717, 1.165) is 11.3 Å². The number of aliphatic hydroxyl groups excluding tert-OH is 1. The average Bonchev–Trinajstić information content (AvgIpc) is 2.67. The predicted molar refractivity (Wildman–Crippen MR) is 62.8 cm³/mol. The minimum absolute atomic E-state index is 0.0512. The molecule has 1 heterocycles. The van der Waals surface area contributed by atoms with Crippen LogP contribution in [0.2, 0.25) is 0 Å². The molecule has 0 radical (unpaired) electrons. The van der Waals surface area contributed by atoms with Gasteiger partial charge in [0.15, 0.2) is 0 Å². The molecule has 1 aromatic carbocycles. The summed E-state index contributed by atoms with van der Waals surface area (Å²) < 4.78 is 6.60. The molecule has 0 unspecified atom stereocenters. The molecule has 3 heteroatoms. The number of furan rings is 1. The van der Waals surface area contributed by atoms with Gasteiger partial charge in [-0.2, -0.15) is 0 Å². The average molecular weight is 300 g/mol. The van der Waals surface area contributed by atoms with Crippen LogP contribution < -0.4 is 0 Å². The second-order valence-electron chi connectivity index (χ2n) is 2.93. The summed E-state index contributed by atoms with van der Waals surface area (Å²) in [7, 11) is 0. The van der Waals surface area contributed by atoms with Crippen molar-refractivity contribution in [3.05, 3.63) is 45.7 Å². The van der Waals surface area contributed by atoms with Crippen LogP contribution in [0.5, 0.6) is 0 Å². The van der Waals surface area contributed by atoms with Gasteiger partial charge >= 0.3 is 0 Å². The van der Waals surface area contributed by atoms with E-state index in [2.05, 4.69) is 22.6 Å². The van der Waals surface area contributed by atoms with E-state index in [1.807, 2.05) is 30.3 Å². The van der Waals surface area contributed by atoms with Gasteiger partial charge in [-0.15, -0.1) is 0 Å². The Kier molecular flexibility index (Phi) is 2.88. The standard InChI is InChI=1S/C11H9IO2/c12-9-3-1-8(2-4-9)11-6-5-10(7-13)14-11/h1-6,13H,7H2. The summed E-state index contributed by atoms with van der Waals surface area (Å²) in [6, 6.07) is 11.7. The van der Waals surface area contributed by atoms with Crippen molar-refractivity contribution in [2.45, 2.75) is 6.61 Å². The molecule has 14 heavy (non-hydrogen) atoms. The maximum Gasteiger partial charge on any atom is 0.134 e. The number of rotatable bonds is 2. The van der Waals surface area contributed by atoms with Crippen LogP contribution in [-0.4, -0.2) is 5.11 Å². The van der Waals surface area contributed by atoms with Crippen LogP contribution in [-0.2, 0) is 6.61 Å². The molecule has 0 aliphatic heterocycles. The minimum atomic E-state index is -0.0512. The molecule has 2 rings (SSSR count). The van der Waals surface area contributed by atoms with Crippen molar-refractivity contribution in [2.24, 2.45) is 0 Å². The van der Waals surface area contributed by atoms with Crippen LogP contribution in [0.25, 0.3) is 11.3 Å². The highest BCUT2D eigenvalue weighted by atomic mass is 127. The Bertz CT molecular complexity index is 417. The van der Waals surface area contributed by atoms with Gasteiger partial charge in [-0.25, -0.2) is 0 Å². The maximum atomic E-state index is 8.85. The van der Waals surface area contributed by atoms with Crippen molar-refractivity contribution in [2.75, 3.05) is 0 Å². The third kappa shape index (κ3) is 1.99. The predicted octanol–water partition coefficient (Wildman–Crippen LogP) is 3.04. The molecule has 0 fully saturated rings. The Labute approximate surface area is 95.7 Å². The number of hydrogen-bond acceptors (Lipinski definition) is 2. The summed E-state index contributed by atoms with van der Waals surface area (Å²) in [5.74, 6) is 1.39. The molecule has 0 saturated carbocycles. The Morgan fingerprint density at radius 1 is 1.07 bits per heavy atom. The molecule has 0 saturated heterocycles. The molecular formula is C11H9IO2. The molecule has 0 bridgehead atoms. The highest BCUT2D eigenvalue weighted by Gasteiger charge is 2.03. The van der Waals surface area contributed by atoms with E-state index in [9.17, 15) is 0 Å². The maximum absolute atomic E-state index is 8.85. The molecule has 0 amide bonds. The van der Waals surface area contributed by atoms with Gasteiger partial charge in [0.2, 0.25) is 0 Å². The first-order valence-corrected chi connectivity index (χ1v) is 5.33. The van der Waals surface area contributed by atoms with Crippen LogP contribution in [0.1, 0.15) is 5.76 Å². The lowest BCUT2D eigenvalue weighted by atomic mass is 10.2. The summed E-state index contributed by atoms with van der Waals surface area (Å²) in [6.45, 7) is -0.0512. The zero-order chi connectivity index (χ0) is 9.97. The zero-order valence-corrected chi connectivity index (χ0v) is 9.56. The van der Waals surface area contributed by atoms with Crippen LogP contribution >= 0.6 is 22.6 Å². The zero-order valence-electron chi connectivity index (χ0n) is 7.40. The van der Waals surface area contributed by atoms with Crippen molar-refractivity contribution < 1.29 is 9.52 Å². The lowest BCUT2D eigenvalue weighted by molar-refractivity contribution is 0.248. The molecule has 2 aromatic rings. The molecule has 72 valence electrons. The Hall–Kier alpha value is -0.810. The van der Waals surface area contributed by atoms with E-state index in [-0.39, 0.29) is 6.61 Å². The van der Waals surface area contributed by atoms with Crippen molar-refractivity contribution in [3.63, 3.8) is 0 Å². The number of hydrogen-bond donors (Lipinski definition) is 1. The molecule has 2 nitrogen and oxygen atoms in total. The van der Waals surface area contributed by atoms with Crippen molar-refractivity contribution in [1.29, 1.82) is 0 Å². The first-order chi connectivity index (χ1) is 6.79. The number of aliphatic hydroxyl groups is 1. The molecule has 0 spiro atoms. The van der Waals surface area contributed by atoms with Crippen LogP contribution in [0.3, 0.4) is 0 Å². The molecule has 1 N–H and O–H groups in total. The fraction of sp³-hybridized carbons (Fsp3) is 0.0909. The van der Waals surface area contributed by atoms with Gasteiger partial charge in [0, 0.05) is 9.13 Å². The summed E-state index contributed by atoms with van der Waals surface area (Å²) in [4.78, 5) is 0. The van der Waals surface area contributed by atoms with E-state index in [1.165, 1.54) is 3.57 Å². The van der Waals surface area contributed by atoms with E-state index in [1.54, 1.807) is 6.07 Å². The van der Waals surface area contributed by atoms with E-state index < -0.39 is 0 Å². The Morgan fingerprint density at radius 2 is 1.79 bits per heavy atom. The van der Waals surface area contributed by atoms with Gasteiger partial charge in [0.25, 0.3) is 0 Å².